The Kier molecular flexibility index (Phi) is 5.35. The molecule has 0 saturated carbocycles. The van der Waals surface area contributed by atoms with Crippen LogP contribution < -0.4 is 0 Å². The number of aryl methyl sites for hydroxylation is 1. The SMILES string of the molecule is CCCc1nc(CN2CCN([C@@H](C)c3ccccn3)CC2)no1. The molecule has 1 atom stereocenters. The molecular weight excluding hydrogens is 290 g/mol. The van der Waals surface area contributed by atoms with Gasteiger partial charge in [0.25, 0.3) is 0 Å². The second-order valence-electron chi connectivity index (χ2n) is 6.10. The van der Waals surface area contributed by atoms with Crippen LogP contribution in [0.3, 0.4) is 0 Å². The van der Waals surface area contributed by atoms with Gasteiger partial charge >= 0.3 is 0 Å². The maximum Gasteiger partial charge on any atom is 0.226 e. The Morgan fingerprint density at radius 1 is 1.22 bits per heavy atom. The lowest BCUT2D eigenvalue weighted by Crippen LogP contribution is -2.46. The molecule has 0 N–H and O–H groups in total. The summed E-state index contributed by atoms with van der Waals surface area (Å²) in [6.07, 6.45) is 3.76. The minimum Gasteiger partial charge on any atom is -0.339 e. The fraction of sp³-hybridized carbons (Fsp3) is 0.588. The lowest BCUT2D eigenvalue weighted by molar-refractivity contribution is 0.0942. The van der Waals surface area contributed by atoms with Crippen molar-refractivity contribution in [2.45, 2.75) is 39.3 Å². The summed E-state index contributed by atoms with van der Waals surface area (Å²) < 4.78 is 5.26. The van der Waals surface area contributed by atoms with E-state index in [1.54, 1.807) is 0 Å². The van der Waals surface area contributed by atoms with Crippen LogP contribution in [0.25, 0.3) is 0 Å². The van der Waals surface area contributed by atoms with Gasteiger partial charge in [0.1, 0.15) is 0 Å². The first-order valence-electron chi connectivity index (χ1n) is 8.45. The van der Waals surface area contributed by atoms with Gasteiger partial charge in [-0.1, -0.05) is 18.1 Å². The average Bonchev–Trinajstić information content (AvgIpc) is 3.03. The van der Waals surface area contributed by atoms with Gasteiger partial charge in [-0.05, 0) is 25.5 Å². The van der Waals surface area contributed by atoms with Crippen LogP contribution >= 0.6 is 0 Å². The van der Waals surface area contributed by atoms with Crippen molar-refractivity contribution in [1.82, 2.24) is 24.9 Å². The zero-order valence-corrected chi connectivity index (χ0v) is 14.0. The fourth-order valence-corrected chi connectivity index (χ4v) is 2.99. The molecule has 0 unspecified atom stereocenters. The molecule has 2 aromatic rings. The predicted octanol–water partition coefficient (Wildman–Crippen LogP) is 2.30. The van der Waals surface area contributed by atoms with E-state index in [2.05, 4.69) is 50.9 Å². The summed E-state index contributed by atoms with van der Waals surface area (Å²) in [6, 6.07) is 6.48. The van der Waals surface area contributed by atoms with Gasteiger partial charge in [0, 0.05) is 44.8 Å². The number of aromatic nitrogens is 3. The van der Waals surface area contributed by atoms with E-state index in [1.165, 1.54) is 0 Å². The Labute approximate surface area is 137 Å². The molecule has 0 bridgehead atoms. The quantitative estimate of drug-likeness (QED) is 0.815. The van der Waals surface area contributed by atoms with Crippen molar-refractivity contribution in [2.24, 2.45) is 0 Å². The van der Waals surface area contributed by atoms with Crippen molar-refractivity contribution < 1.29 is 4.52 Å². The molecule has 2 aromatic heterocycles. The fourth-order valence-electron chi connectivity index (χ4n) is 2.99. The highest BCUT2D eigenvalue weighted by Crippen LogP contribution is 2.19. The van der Waals surface area contributed by atoms with Crippen LogP contribution in [0.4, 0.5) is 0 Å². The minimum atomic E-state index is 0.361. The van der Waals surface area contributed by atoms with Crippen molar-refractivity contribution in [3.63, 3.8) is 0 Å². The van der Waals surface area contributed by atoms with Crippen LogP contribution in [0.5, 0.6) is 0 Å². The number of hydrogen-bond acceptors (Lipinski definition) is 6. The van der Waals surface area contributed by atoms with Crippen molar-refractivity contribution in [3.8, 4) is 0 Å². The maximum atomic E-state index is 5.26. The van der Waals surface area contributed by atoms with Gasteiger partial charge in [0.2, 0.25) is 5.89 Å². The Morgan fingerprint density at radius 3 is 2.74 bits per heavy atom. The highest BCUT2D eigenvalue weighted by atomic mass is 16.5. The van der Waals surface area contributed by atoms with Gasteiger partial charge in [-0.2, -0.15) is 4.98 Å². The van der Waals surface area contributed by atoms with Crippen LogP contribution in [0.1, 0.15) is 43.7 Å². The normalized spacial score (nSPS) is 18.2. The molecule has 0 radical (unpaired) electrons. The maximum absolute atomic E-state index is 5.26. The molecule has 0 amide bonds. The predicted molar refractivity (Wildman–Crippen MR) is 87.8 cm³/mol. The van der Waals surface area contributed by atoms with Gasteiger partial charge in [-0.3, -0.25) is 14.8 Å². The highest BCUT2D eigenvalue weighted by Gasteiger charge is 2.23. The molecule has 0 spiro atoms. The van der Waals surface area contributed by atoms with Gasteiger partial charge in [0.05, 0.1) is 12.2 Å². The van der Waals surface area contributed by atoms with Crippen molar-refractivity contribution in [2.75, 3.05) is 26.2 Å². The van der Waals surface area contributed by atoms with E-state index in [4.69, 9.17) is 4.52 Å². The molecule has 6 heteroatoms. The Bertz CT molecular complexity index is 592. The molecule has 23 heavy (non-hydrogen) atoms. The molecule has 3 rings (SSSR count). The van der Waals surface area contributed by atoms with Gasteiger partial charge in [-0.15, -0.1) is 0 Å². The Balaban J connectivity index is 1.50. The summed E-state index contributed by atoms with van der Waals surface area (Å²) in [6.45, 7) is 9.25. The highest BCUT2D eigenvalue weighted by molar-refractivity contribution is 5.08. The summed E-state index contributed by atoms with van der Waals surface area (Å²) in [5.74, 6) is 1.56. The third-order valence-electron chi connectivity index (χ3n) is 4.41. The molecule has 6 nitrogen and oxygen atoms in total. The molecule has 0 aromatic carbocycles. The summed E-state index contributed by atoms with van der Waals surface area (Å²) in [5, 5.41) is 4.08. The van der Waals surface area contributed by atoms with Crippen LogP contribution in [-0.4, -0.2) is 51.1 Å². The number of hydrogen-bond donors (Lipinski definition) is 0. The number of piperazine rings is 1. The Morgan fingerprint density at radius 2 is 2.04 bits per heavy atom. The second kappa shape index (κ2) is 7.66. The van der Waals surface area contributed by atoms with Crippen molar-refractivity contribution in [1.29, 1.82) is 0 Å². The molecule has 124 valence electrons. The molecular formula is C17H25N5O. The molecule has 0 aliphatic carbocycles. The summed E-state index contributed by atoms with van der Waals surface area (Å²) in [4.78, 5) is 13.8. The van der Waals surface area contributed by atoms with Crippen molar-refractivity contribution >= 4 is 0 Å². The van der Waals surface area contributed by atoms with E-state index in [0.717, 1.165) is 63.0 Å². The lowest BCUT2D eigenvalue weighted by Gasteiger charge is -2.37. The second-order valence-corrected chi connectivity index (χ2v) is 6.10. The number of pyridine rings is 1. The van der Waals surface area contributed by atoms with Gasteiger partial charge < -0.3 is 4.52 Å². The van der Waals surface area contributed by atoms with Gasteiger partial charge in [0.15, 0.2) is 5.82 Å². The minimum absolute atomic E-state index is 0.361. The smallest absolute Gasteiger partial charge is 0.226 e. The van der Waals surface area contributed by atoms with Crippen LogP contribution in [0.2, 0.25) is 0 Å². The topological polar surface area (TPSA) is 58.3 Å². The largest absolute Gasteiger partial charge is 0.339 e. The van der Waals surface area contributed by atoms with Crippen LogP contribution in [-0.2, 0) is 13.0 Å². The average molecular weight is 315 g/mol. The third kappa shape index (κ3) is 4.14. The van der Waals surface area contributed by atoms with Crippen molar-refractivity contribution in [3.05, 3.63) is 41.8 Å². The first-order chi connectivity index (χ1) is 11.3. The van der Waals surface area contributed by atoms with E-state index in [-0.39, 0.29) is 0 Å². The van der Waals surface area contributed by atoms with E-state index in [1.807, 2.05) is 12.3 Å². The molecule has 1 saturated heterocycles. The Hall–Kier alpha value is -1.79. The van der Waals surface area contributed by atoms with Crippen LogP contribution in [0.15, 0.2) is 28.9 Å². The summed E-state index contributed by atoms with van der Waals surface area (Å²) >= 11 is 0. The van der Waals surface area contributed by atoms with Gasteiger partial charge in [-0.25, -0.2) is 0 Å². The van der Waals surface area contributed by atoms with E-state index < -0.39 is 0 Å². The third-order valence-corrected chi connectivity index (χ3v) is 4.41. The molecule has 3 heterocycles. The number of nitrogens with zero attached hydrogens (tertiary/aromatic N) is 5. The first-order valence-corrected chi connectivity index (χ1v) is 8.45. The molecule has 1 aliphatic rings. The summed E-state index contributed by atoms with van der Waals surface area (Å²) in [5.41, 5.74) is 1.14. The lowest BCUT2D eigenvalue weighted by atomic mass is 10.1. The summed E-state index contributed by atoms with van der Waals surface area (Å²) in [7, 11) is 0. The zero-order valence-electron chi connectivity index (χ0n) is 14.0. The number of rotatable bonds is 6. The molecule has 1 fully saturated rings. The standard InChI is InChI=1S/C17H25N5O/c1-3-6-17-19-16(20-23-17)13-21-9-11-22(12-10-21)14(2)15-7-4-5-8-18-15/h4-5,7-8,14H,3,6,9-13H2,1-2H3/t14-/m0/s1. The van der Waals surface area contributed by atoms with E-state index >= 15 is 0 Å². The monoisotopic (exact) mass is 315 g/mol. The van der Waals surface area contributed by atoms with Crippen LogP contribution in [0, 0.1) is 0 Å². The van der Waals surface area contributed by atoms with E-state index in [0.29, 0.717) is 6.04 Å². The zero-order chi connectivity index (χ0) is 16.1. The van der Waals surface area contributed by atoms with E-state index in [9.17, 15) is 0 Å². The first kappa shape index (κ1) is 16.1. The molecule has 1 aliphatic heterocycles.